The van der Waals surface area contributed by atoms with E-state index in [1.54, 1.807) is 0 Å². The van der Waals surface area contributed by atoms with Crippen LogP contribution in [0.25, 0.3) is 0 Å². The first-order valence-corrected chi connectivity index (χ1v) is 6.34. The first kappa shape index (κ1) is 15.0. The third-order valence-corrected chi connectivity index (χ3v) is 3.50. The van der Waals surface area contributed by atoms with Gasteiger partial charge < -0.3 is 19.3 Å². The number of carboxylic acid groups (broad SMARTS) is 1. The Morgan fingerprint density at radius 1 is 1.38 bits per heavy atom. The van der Waals surface area contributed by atoms with Crippen molar-refractivity contribution >= 4 is 23.9 Å². The Kier molecular flexibility index (Phi) is 4.25. The van der Waals surface area contributed by atoms with Gasteiger partial charge in [0, 0.05) is 12.5 Å². The molecule has 0 aromatic heterocycles. The van der Waals surface area contributed by atoms with Crippen LogP contribution in [0.5, 0.6) is 0 Å². The molecule has 0 spiro atoms. The molecule has 1 saturated carbocycles. The normalized spacial score (nSPS) is 30.2. The second kappa shape index (κ2) is 5.94. The summed E-state index contributed by atoms with van der Waals surface area (Å²) in [5.41, 5.74) is 0. The second-order valence-electron chi connectivity index (χ2n) is 4.85. The van der Waals surface area contributed by atoms with E-state index in [1.807, 2.05) is 0 Å². The third-order valence-electron chi connectivity index (χ3n) is 3.50. The molecular formula is C13H14O8. The summed E-state index contributed by atoms with van der Waals surface area (Å²) in [4.78, 5) is 45.1. The van der Waals surface area contributed by atoms with Crippen LogP contribution in [0.2, 0.25) is 0 Å². The second-order valence-corrected chi connectivity index (χ2v) is 4.85. The maximum absolute atomic E-state index is 11.6. The zero-order valence-electron chi connectivity index (χ0n) is 11.0. The molecule has 8 nitrogen and oxygen atoms in total. The minimum absolute atomic E-state index is 0.0645. The lowest BCUT2D eigenvalue weighted by Gasteiger charge is -2.30. The number of rotatable bonds is 5. The molecular weight excluding hydrogens is 284 g/mol. The molecule has 1 aliphatic carbocycles. The Balaban J connectivity index is 2.00. The van der Waals surface area contributed by atoms with Crippen LogP contribution in [-0.4, -0.2) is 47.8 Å². The molecule has 8 heteroatoms. The van der Waals surface area contributed by atoms with Crippen LogP contribution in [0.15, 0.2) is 12.7 Å². The smallest absolute Gasteiger partial charge is 0.344 e. The van der Waals surface area contributed by atoms with Crippen molar-refractivity contribution in [2.24, 2.45) is 11.8 Å². The predicted octanol–water partition coefficient (Wildman–Crippen LogP) is -0.336. The molecule has 21 heavy (non-hydrogen) atoms. The summed E-state index contributed by atoms with van der Waals surface area (Å²) in [7, 11) is 0. The van der Waals surface area contributed by atoms with E-state index in [0.717, 1.165) is 6.08 Å². The van der Waals surface area contributed by atoms with Crippen LogP contribution in [0.3, 0.4) is 0 Å². The van der Waals surface area contributed by atoms with Gasteiger partial charge >= 0.3 is 23.9 Å². The van der Waals surface area contributed by atoms with Gasteiger partial charge in [0.1, 0.15) is 6.10 Å². The predicted molar refractivity (Wildman–Crippen MR) is 64.8 cm³/mol. The van der Waals surface area contributed by atoms with Gasteiger partial charge in [0.25, 0.3) is 0 Å². The first-order valence-electron chi connectivity index (χ1n) is 6.34. The number of fused-ring (bicyclic) bond motifs is 2. The molecule has 0 radical (unpaired) electrons. The molecule has 2 bridgehead atoms. The Labute approximate surface area is 119 Å². The Hall–Kier alpha value is -2.38. The van der Waals surface area contributed by atoms with Crippen molar-refractivity contribution in [2.45, 2.75) is 25.0 Å². The molecule has 1 saturated heterocycles. The highest BCUT2D eigenvalue weighted by Gasteiger charge is 2.52. The number of hydrogen-bond donors (Lipinski definition) is 1. The molecule has 1 N–H and O–H groups in total. The van der Waals surface area contributed by atoms with Gasteiger partial charge in [-0.1, -0.05) is 6.58 Å². The average Bonchev–Trinajstić information content (AvgIpc) is 2.75. The van der Waals surface area contributed by atoms with E-state index in [2.05, 4.69) is 11.3 Å². The lowest BCUT2D eigenvalue weighted by atomic mass is 9.79. The largest absolute Gasteiger partial charge is 0.481 e. The van der Waals surface area contributed by atoms with Crippen LogP contribution in [0, 0.1) is 11.8 Å². The molecule has 4 atom stereocenters. The molecule has 2 rings (SSSR count). The zero-order chi connectivity index (χ0) is 15.6. The number of carbonyl (C=O) groups excluding carboxylic acids is 3. The standard InChI is InChI=1S/C13H14O8/c1-2-9(14)19-5-10(15)21-11-7(12(16)17)3-6-4-8(11)20-13(6)18/h2,6-8,11H,1,3-5H2,(H,16,17). The van der Waals surface area contributed by atoms with Crippen molar-refractivity contribution < 1.29 is 38.5 Å². The van der Waals surface area contributed by atoms with Gasteiger partial charge in [-0.15, -0.1) is 0 Å². The van der Waals surface area contributed by atoms with Gasteiger partial charge in [0.05, 0.1) is 11.8 Å². The molecule has 2 aliphatic rings. The third kappa shape index (κ3) is 3.21. The van der Waals surface area contributed by atoms with Crippen molar-refractivity contribution in [2.75, 3.05) is 6.61 Å². The van der Waals surface area contributed by atoms with Crippen molar-refractivity contribution in [1.82, 2.24) is 0 Å². The SMILES string of the molecule is C=CC(=O)OCC(=O)OC1C2CC(CC1C(=O)O)C(=O)O2. The van der Waals surface area contributed by atoms with Crippen molar-refractivity contribution in [3.05, 3.63) is 12.7 Å². The molecule has 0 aromatic carbocycles. The van der Waals surface area contributed by atoms with Crippen LogP contribution < -0.4 is 0 Å². The fourth-order valence-corrected chi connectivity index (χ4v) is 2.54. The van der Waals surface area contributed by atoms with Gasteiger partial charge in [-0.3, -0.25) is 9.59 Å². The highest BCUT2D eigenvalue weighted by atomic mass is 16.6. The molecule has 2 fully saturated rings. The van der Waals surface area contributed by atoms with Crippen molar-refractivity contribution in [1.29, 1.82) is 0 Å². The first-order chi connectivity index (χ1) is 9.92. The number of esters is 3. The summed E-state index contributed by atoms with van der Waals surface area (Å²) >= 11 is 0. The van der Waals surface area contributed by atoms with E-state index in [0.29, 0.717) is 6.42 Å². The van der Waals surface area contributed by atoms with Gasteiger partial charge in [0.15, 0.2) is 12.7 Å². The maximum Gasteiger partial charge on any atom is 0.344 e. The molecule has 0 amide bonds. The molecule has 0 aromatic rings. The minimum atomic E-state index is -1.16. The summed E-state index contributed by atoms with van der Waals surface area (Å²) in [5, 5.41) is 9.17. The highest BCUT2D eigenvalue weighted by molar-refractivity contribution is 5.84. The topological polar surface area (TPSA) is 116 Å². The number of carbonyl (C=O) groups is 4. The number of aliphatic carboxylic acids is 1. The Morgan fingerprint density at radius 3 is 2.71 bits per heavy atom. The van der Waals surface area contributed by atoms with E-state index in [1.165, 1.54) is 0 Å². The highest BCUT2D eigenvalue weighted by Crippen LogP contribution is 2.39. The van der Waals surface area contributed by atoms with Crippen LogP contribution in [0.4, 0.5) is 0 Å². The van der Waals surface area contributed by atoms with Gasteiger partial charge in [-0.25, -0.2) is 9.59 Å². The maximum atomic E-state index is 11.6. The summed E-state index contributed by atoms with van der Waals surface area (Å²) in [6, 6.07) is 0. The fourth-order valence-electron chi connectivity index (χ4n) is 2.54. The van der Waals surface area contributed by atoms with E-state index in [-0.39, 0.29) is 6.42 Å². The zero-order valence-corrected chi connectivity index (χ0v) is 11.0. The summed E-state index contributed by atoms with van der Waals surface area (Å²) < 4.78 is 14.6. The van der Waals surface area contributed by atoms with Gasteiger partial charge in [-0.2, -0.15) is 0 Å². The van der Waals surface area contributed by atoms with Crippen LogP contribution >= 0.6 is 0 Å². The van der Waals surface area contributed by atoms with Crippen molar-refractivity contribution in [3.8, 4) is 0 Å². The number of hydrogen-bond acceptors (Lipinski definition) is 7. The van der Waals surface area contributed by atoms with Crippen molar-refractivity contribution in [3.63, 3.8) is 0 Å². The Morgan fingerprint density at radius 2 is 2.10 bits per heavy atom. The van der Waals surface area contributed by atoms with Gasteiger partial charge in [0.2, 0.25) is 0 Å². The van der Waals surface area contributed by atoms with E-state index in [4.69, 9.17) is 9.47 Å². The monoisotopic (exact) mass is 298 g/mol. The molecule has 114 valence electrons. The lowest BCUT2D eigenvalue weighted by molar-refractivity contribution is -0.176. The van der Waals surface area contributed by atoms with E-state index >= 15 is 0 Å². The Bertz CT molecular complexity index is 496. The summed E-state index contributed by atoms with van der Waals surface area (Å²) in [5.74, 6) is -4.81. The van der Waals surface area contributed by atoms with E-state index in [9.17, 15) is 24.3 Å². The molecule has 4 unspecified atom stereocenters. The lowest BCUT2D eigenvalue weighted by Crippen LogP contribution is -2.44. The number of ether oxygens (including phenoxy) is 3. The van der Waals surface area contributed by atoms with E-state index < -0.39 is 54.5 Å². The van der Waals surface area contributed by atoms with Crippen LogP contribution in [-0.2, 0) is 33.4 Å². The summed E-state index contributed by atoms with van der Waals surface area (Å²) in [6.07, 6.45) is -0.559. The average molecular weight is 298 g/mol. The fraction of sp³-hybridized carbons (Fsp3) is 0.538. The number of carboxylic acids is 1. The van der Waals surface area contributed by atoms with Crippen LogP contribution in [0.1, 0.15) is 12.8 Å². The molecule has 1 aliphatic heterocycles. The minimum Gasteiger partial charge on any atom is -0.481 e. The quantitative estimate of drug-likeness (QED) is 0.416. The molecule has 1 heterocycles. The summed E-state index contributed by atoms with van der Waals surface area (Å²) in [6.45, 7) is 2.51. The van der Waals surface area contributed by atoms with Gasteiger partial charge in [-0.05, 0) is 6.42 Å².